The number of hydrogen-bond acceptors (Lipinski definition) is 10. The molecule has 0 amide bonds. The number of hydrogen-bond donors (Lipinski definition) is 6. The Labute approximate surface area is 180 Å². The van der Waals surface area contributed by atoms with E-state index in [1.54, 1.807) is 0 Å². The largest absolute Gasteiger partial charge is 2.00 e. The van der Waals surface area contributed by atoms with Crippen LogP contribution in [0.2, 0.25) is 0 Å². The van der Waals surface area contributed by atoms with Crippen LogP contribution in [0.1, 0.15) is 2.85 Å². The quantitative estimate of drug-likeness (QED) is 0.137. The van der Waals surface area contributed by atoms with E-state index in [2.05, 4.69) is 13.8 Å². The summed E-state index contributed by atoms with van der Waals surface area (Å²) < 4.78 is 0. The van der Waals surface area contributed by atoms with Gasteiger partial charge in [-0.1, -0.05) is 0 Å². The van der Waals surface area contributed by atoms with Gasteiger partial charge in [0, 0.05) is 0 Å². The van der Waals surface area contributed by atoms with E-state index >= 15 is 0 Å². The normalized spacial score (nSPS) is 6.32. The molecule has 108 valence electrons. The molecule has 0 bridgehead atoms. The van der Waals surface area contributed by atoms with Gasteiger partial charge in [-0.3, -0.25) is 23.4 Å². The molecular formula is C4H12BaN2O10Ti2. The molecule has 0 radical (unpaired) electrons. The molecule has 12 nitrogen and oxygen atoms in total. The first-order valence-electron chi connectivity index (χ1n) is 2.73. The molecule has 0 saturated carbocycles. The third kappa shape index (κ3) is 3150. The summed E-state index contributed by atoms with van der Waals surface area (Å²) in [4.78, 5) is 17.8. The van der Waals surface area contributed by atoms with Crippen molar-refractivity contribution in [2.75, 3.05) is 0 Å². The molecule has 0 atom stereocenters. The fraction of sp³-hybridized carbons (Fsp3) is 0. The van der Waals surface area contributed by atoms with E-state index in [4.69, 9.17) is 51.0 Å². The third-order valence-corrected chi connectivity index (χ3v) is 0. The summed E-state index contributed by atoms with van der Waals surface area (Å²) in [7, 11) is 0. The predicted molar refractivity (Wildman–Crippen MR) is 51.5 cm³/mol. The molecule has 0 unspecified atom stereocenters. The van der Waals surface area contributed by atoms with E-state index in [9.17, 15) is 0 Å². The molecule has 0 aromatic rings. The monoisotopic (exact) mass is 482 g/mol. The molecule has 0 fully saturated rings. The molecule has 0 saturated heterocycles. The first kappa shape index (κ1) is 42.8. The standard InChI is InChI=1S/2C2H3O2.Ba.2H2NO3.2Ti.2H/c2*1-2(3)4;;2*2-1(3)4;;;;/h2*1H2,(H,3,4);;2*2-3H;;;;/q2*-1;+2;2*-1;2*+2;2*-1. The predicted octanol–water partition coefficient (Wildman–Crippen LogP) is -1.22. The average molecular weight is 481 g/mol. The molecular weight excluding hydrogens is 469 g/mol. The SMILES string of the molecule is [Ba+2].[CH2-]C(=O)O.[CH2-]C(=O)O.[H-].[H-].[O-]N(O)O.[O-]N(O)O.[Ti+2].[Ti+2]. The van der Waals surface area contributed by atoms with Gasteiger partial charge in [-0.15, -0.1) is 10.8 Å². The number of aliphatic carboxylic acids is 2. The Bertz CT molecular complexity index is 152. The third-order valence-electron chi connectivity index (χ3n) is 0. The first-order chi connectivity index (χ1) is 6.93. The number of carboxylic acids is 2. The minimum atomic E-state index is -1.25. The molecule has 0 aliphatic heterocycles. The number of nitrogens with zero attached hydrogens (tertiary/aromatic N) is 2. The summed E-state index contributed by atoms with van der Waals surface area (Å²) in [6.07, 6.45) is 0. The van der Waals surface area contributed by atoms with Gasteiger partial charge in [0.2, 0.25) is 0 Å². The summed E-state index contributed by atoms with van der Waals surface area (Å²) in [6.45, 7) is 5.11. The second kappa shape index (κ2) is 36.6. The van der Waals surface area contributed by atoms with Gasteiger partial charge >= 0.3 is 92.3 Å². The van der Waals surface area contributed by atoms with Crippen molar-refractivity contribution >= 4 is 60.8 Å². The van der Waals surface area contributed by atoms with Crippen molar-refractivity contribution in [1.82, 2.24) is 10.8 Å². The van der Waals surface area contributed by atoms with Crippen LogP contribution in [0.3, 0.4) is 0 Å². The Morgan fingerprint density at radius 3 is 0.842 bits per heavy atom. The zero-order valence-corrected chi connectivity index (χ0v) is 16.9. The minimum absolute atomic E-state index is 0. The zero-order chi connectivity index (χ0) is 14.3. The van der Waals surface area contributed by atoms with Crippen LogP contribution >= 0.6 is 0 Å². The Hall–Kier alpha value is 1.36. The van der Waals surface area contributed by atoms with Crippen molar-refractivity contribution < 1.29 is 86.9 Å². The Kier molecular flexibility index (Phi) is 82.3. The van der Waals surface area contributed by atoms with Crippen LogP contribution in [-0.2, 0) is 53.0 Å². The Morgan fingerprint density at radius 2 is 0.842 bits per heavy atom. The van der Waals surface area contributed by atoms with E-state index in [1.165, 1.54) is 0 Å². The van der Waals surface area contributed by atoms with Crippen LogP contribution in [0.15, 0.2) is 0 Å². The van der Waals surface area contributed by atoms with Gasteiger partial charge in [0.25, 0.3) is 0 Å². The number of carboxylic acid groups (broad SMARTS) is 2. The maximum Gasteiger partial charge on any atom is 2.00 e. The maximum atomic E-state index is 8.89. The molecule has 6 N–H and O–H groups in total. The second-order valence-corrected chi connectivity index (χ2v) is 1.29. The summed E-state index contributed by atoms with van der Waals surface area (Å²) >= 11 is 0. The molecule has 19 heavy (non-hydrogen) atoms. The van der Waals surface area contributed by atoms with Gasteiger partial charge in [0.05, 0.1) is 0 Å². The van der Waals surface area contributed by atoms with Gasteiger partial charge in [-0.2, -0.15) is 0 Å². The summed E-state index contributed by atoms with van der Waals surface area (Å²) in [5.74, 6) is -2.17. The van der Waals surface area contributed by atoms with Crippen molar-refractivity contribution in [3.05, 3.63) is 24.3 Å². The van der Waals surface area contributed by atoms with Crippen LogP contribution < -0.4 is 0 Å². The van der Waals surface area contributed by atoms with E-state index in [-0.39, 0.29) is 95.2 Å². The molecule has 0 heterocycles. The van der Waals surface area contributed by atoms with E-state index in [1.807, 2.05) is 0 Å². The van der Waals surface area contributed by atoms with Crippen LogP contribution in [0.4, 0.5) is 0 Å². The number of carbonyl (C=O) groups is 2. The molecule has 0 aromatic carbocycles. The maximum absolute atomic E-state index is 8.89. The Balaban J connectivity index is -0.0000000121. The minimum Gasteiger partial charge on any atom is -1.00 e. The van der Waals surface area contributed by atoms with Crippen LogP contribution in [-0.4, -0.2) is 103 Å². The van der Waals surface area contributed by atoms with Gasteiger partial charge < -0.3 is 44.3 Å². The van der Waals surface area contributed by atoms with Crippen molar-refractivity contribution in [2.24, 2.45) is 0 Å². The van der Waals surface area contributed by atoms with Gasteiger partial charge in [-0.25, -0.2) is 0 Å². The van der Waals surface area contributed by atoms with Gasteiger partial charge in [0.1, 0.15) is 0 Å². The molecule has 0 spiro atoms. The zero-order valence-electron chi connectivity index (χ0n) is 11.3. The number of rotatable bonds is 0. The second-order valence-electron chi connectivity index (χ2n) is 1.29. The molecule has 0 aliphatic rings. The van der Waals surface area contributed by atoms with E-state index in [0.29, 0.717) is 0 Å². The van der Waals surface area contributed by atoms with Crippen LogP contribution in [0.25, 0.3) is 0 Å². The van der Waals surface area contributed by atoms with Gasteiger partial charge in [0.15, 0.2) is 11.9 Å². The fourth-order valence-electron chi connectivity index (χ4n) is 0. The summed E-state index contributed by atoms with van der Waals surface area (Å²) in [6, 6.07) is 0. The Morgan fingerprint density at radius 1 is 0.842 bits per heavy atom. The van der Waals surface area contributed by atoms with Crippen molar-refractivity contribution in [3.8, 4) is 0 Å². The summed E-state index contributed by atoms with van der Waals surface area (Å²) in [5.41, 5.74) is 0. The van der Waals surface area contributed by atoms with E-state index in [0.717, 1.165) is 0 Å². The average Bonchev–Trinajstić information content (AvgIpc) is 1.76. The topological polar surface area (TPSA) is 208 Å². The first-order valence-corrected chi connectivity index (χ1v) is 2.73. The molecule has 0 rings (SSSR count). The smallest absolute Gasteiger partial charge is 1.00 e. The van der Waals surface area contributed by atoms with Crippen molar-refractivity contribution in [3.63, 3.8) is 0 Å². The van der Waals surface area contributed by atoms with Crippen molar-refractivity contribution in [2.45, 2.75) is 0 Å². The fourth-order valence-corrected chi connectivity index (χ4v) is 0. The van der Waals surface area contributed by atoms with Gasteiger partial charge in [-0.05, 0) is 0 Å². The van der Waals surface area contributed by atoms with Crippen LogP contribution in [0, 0.1) is 24.3 Å². The molecule has 0 aromatic heterocycles. The van der Waals surface area contributed by atoms with Crippen molar-refractivity contribution in [1.29, 1.82) is 0 Å². The van der Waals surface area contributed by atoms with Crippen LogP contribution in [0.5, 0.6) is 0 Å². The summed E-state index contributed by atoms with van der Waals surface area (Å²) in [5, 5.41) is 56.6. The molecule has 15 heteroatoms. The van der Waals surface area contributed by atoms with E-state index < -0.39 is 22.7 Å². The molecule has 0 aliphatic carbocycles.